The molecule has 1 heterocycles. The van der Waals surface area contributed by atoms with E-state index in [0.29, 0.717) is 16.5 Å². The van der Waals surface area contributed by atoms with Crippen LogP contribution >= 0.6 is 11.8 Å². The molecule has 1 N–H and O–H groups in total. The fourth-order valence-corrected chi connectivity index (χ4v) is 4.93. The highest BCUT2D eigenvalue weighted by atomic mass is 32.2. The Bertz CT molecular complexity index is 1410. The fraction of sp³-hybridized carbons (Fsp3) is 0.281. The number of benzene rings is 3. The number of rotatable bonds is 12. The van der Waals surface area contributed by atoms with Crippen LogP contribution in [-0.4, -0.2) is 49.7 Å². The maximum absolute atomic E-state index is 12.3. The minimum absolute atomic E-state index is 0.0612. The minimum Gasteiger partial charge on any atom is -0.493 e. The maximum Gasteiger partial charge on any atom is 0.251 e. The summed E-state index contributed by atoms with van der Waals surface area (Å²) >= 11 is 1.58. The van der Waals surface area contributed by atoms with E-state index in [9.17, 15) is 4.79 Å². The number of carbonyl (C=O) groups is 1. The Labute approximate surface area is 241 Å². The zero-order chi connectivity index (χ0) is 28.5. The van der Waals surface area contributed by atoms with Crippen molar-refractivity contribution in [1.82, 2.24) is 15.3 Å². The number of nitrogens with one attached hydrogen (secondary N) is 1. The lowest BCUT2D eigenvalue weighted by molar-refractivity contribution is 0.0943. The van der Waals surface area contributed by atoms with E-state index in [1.54, 1.807) is 26.0 Å². The number of anilines is 1. The topological polar surface area (TPSA) is 76.6 Å². The monoisotopic (exact) mass is 556 g/mol. The molecule has 1 amide bonds. The van der Waals surface area contributed by atoms with Gasteiger partial charge >= 0.3 is 0 Å². The lowest BCUT2D eigenvalue weighted by Gasteiger charge is -2.20. The number of carbonyl (C=O) groups excluding carboxylic acids is 1. The van der Waals surface area contributed by atoms with Crippen molar-refractivity contribution in [3.8, 4) is 22.8 Å². The molecule has 7 nitrogen and oxygen atoms in total. The second-order valence-electron chi connectivity index (χ2n) is 9.73. The van der Waals surface area contributed by atoms with Crippen molar-refractivity contribution in [2.45, 2.75) is 37.2 Å². The van der Waals surface area contributed by atoms with Gasteiger partial charge < -0.3 is 19.7 Å². The fourth-order valence-electron chi connectivity index (χ4n) is 4.12. The van der Waals surface area contributed by atoms with Crippen LogP contribution in [0.25, 0.3) is 11.3 Å². The third-order valence-corrected chi connectivity index (χ3v) is 7.26. The molecule has 0 bridgehead atoms. The summed E-state index contributed by atoms with van der Waals surface area (Å²) in [4.78, 5) is 24.2. The van der Waals surface area contributed by atoms with Crippen LogP contribution < -0.4 is 19.7 Å². The van der Waals surface area contributed by atoms with Crippen molar-refractivity contribution >= 4 is 23.5 Å². The van der Waals surface area contributed by atoms with Crippen molar-refractivity contribution in [3.05, 3.63) is 95.6 Å². The minimum atomic E-state index is -0.0612. The van der Waals surface area contributed by atoms with E-state index < -0.39 is 0 Å². The molecule has 40 heavy (non-hydrogen) atoms. The maximum atomic E-state index is 12.3. The number of methoxy groups -OCH3 is 2. The summed E-state index contributed by atoms with van der Waals surface area (Å²) in [6.07, 6.45) is 0.820. The molecule has 0 atom stereocenters. The van der Waals surface area contributed by atoms with Crippen LogP contribution in [0.15, 0.2) is 84.0 Å². The number of ether oxygens (including phenoxy) is 2. The lowest BCUT2D eigenvalue weighted by atomic mass is 10.1. The largest absolute Gasteiger partial charge is 0.493 e. The van der Waals surface area contributed by atoms with Gasteiger partial charge in [-0.25, -0.2) is 9.97 Å². The predicted molar refractivity (Wildman–Crippen MR) is 163 cm³/mol. The number of aromatic nitrogens is 2. The first-order chi connectivity index (χ1) is 19.4. The summed E-state index contributed by atoms with van der Waals surface area (Å²) in [6, 6.07) is 26.0. The number of amides is 1. The van der Waals surface area contributed by atoms with Crippen LogP contribution in [0.1, 0.15) is 35.3 Å². The molecule has 208 valence electrons. The van der Waals surface area contributed by atoms with Gasteiger partial charge in [-0.2, -0.15) is 0 Å². The Hall–Kier alpha value is -4.04. The van der Waals surface area contributed by atoms with E-state index in [4.69, 9.17) is 19.4 Å². The molecule has 0 aliphatic heterocycles. The molecule has 3 aromatic carbocycles. The molecule has 4 aromatic rings. The zero-order valence-electron chi connectivity index (χ0n) is 23.7. The van der Waals surface area contributed by atoms with Crippen LogP contribution in [0.2, 0.25) is 0 Å². The van der Waals surface area contributed by atoms with E-state index in [-0.39, 0.29) is 11.9 Å². The molecule has 0 aliphatic carbocycles. The number of likely N-dealkylation sites (N-methyl/N-ethyl adjacent to an activating group) is 1. The van der Waals surface area contributed by atoms with E-state index in [1.165, 1.54) is 0 Å². The van der Waals surface area contributed by atoms with Gasteiger partial charge in [-0.15, -0.1) is 0 Å². The smallest absolute Gasteiger partial charge is 0.251 e. The standard InChI is InChI=1S/C32H36N4O3S/c1-22(2)33-31(37)26-14-11-24(12-15-26)21-40-32-34-27(25-9-7-6-8-10-25)20-30(35-32)36(3)18-17-23-13-16-28(38-4)29(19-23)39-5/h6-16,19-20,22H,17-18,21H2,1-5H3,(H,33,37). The Morgan fingerprint density at radius 2 is 1.60 bits per heavy atom. The average molecular weight is 557 g/mol. The summed E-state index contributed by atoms with van der Waals surface area (Å²) in [5, 5.41) is 3.63. The summed E-state index contributed by atoms with van der Waals surface area (Å²) < 4.78 is 10.8. The molecule has 0 saturated carbocycles. The van der Waals surface area contributed by atoms with Crippen molar-refractivity contribution < 1.29 is 14.3 Å². The van der Waals surface area contributed by atoms with Gasteiger partial charge in [0.15, 0.2) is 16.7 Å². The van der Waals surface area contributed by atoms with E-state index in [0.717, 1.165) is 52.7 Å². The van der Waals surface area contributed by atoms with Crippen molar-refractivity contribution in [2.75, 3.05) is 32.7 Å². The first kappa shape index (κ1) is 29.0. The van der Waals surface area contributed by atoms with Gasteiger partial charge in [0.05, 0.1) is 19.9 Å². The molecule has 0 saturated heterocycles. The first-order valence-corrected chi connectivity index (χ1v) is 14.2. The summed E-state index contributed by atoms with van der Waals surface area (Å²) in [5.74, 6) is 2.94. The summed E-state index contributed by atoms with van der Waals surface area (Å²) in [5.41, 5.74) is 4.84. The first-order valence-electron chi connectivity index (χ1n) is 13.3. The third kappa shape index (κ3) is 7.76. The van der Waals surface area contributed by atoms with Gasteiger partial charge in [0.2, 0.25) is 0 Å². The Morgan fingerprint density at radius 1 is 0.900 bits per heavy atom. The molecule has 1 aromatic heterocycles. The van der Waals surface area contributed by atoms with Crippen LogP contribution in [0, 0.1) is 0 Å². The van der Waals surface area contributed by atoms with Crippen molar-refractivity contribution in [1.29, 1.82) is 0 Å². The average Bonchev–Trinajstić information content (AvgIpc) is 2.98. The second-order valence-corrected chi connectivity index (χ2v) is 10.7. The number of nitrogens with zero attached hydrogens (tertiary/aromatic N) is 3. The highest BCUT2D eigenvalue weighted by molar-refractivity contribution is 7.98. The van der Waals surface area contributed by atoms with E-state index >= 15 is 0 Å². The molecule has 4 rings (SSSR count). The van der Waals surface area contributed by atoms with Crippen molar-refractivity contribution in [2.24, 2.45) is 0 Å². The summed E-state index contributed by atoms with van der Waals surface area (Å²) in [7, 11) is 5.34. The van der Waals surface area contributed by atoms with Crippen LogP contribution in [-0.2, 0) is 12.2 Å². The van der Waals surface area contributed by atoms with Gasteiger partial charge in [-0.1, -0.05) is 60.3 Å². The number of thioether (sulfide) groups is 1. The molecule has 0 unspecified atom stereocenters. The van der Waals surface area contributed by atoms with Gasteiger partial charge in [-0.3, -0.25) is 4.79 Å². The Morgan fingerprint density at radius 3 is 2.27 bits per heavy atom. The Balaban J connectivity index is 1.50. The number of hydrogen-bond donors (Lipinski definition) is 1. The molecule has 8 heteroatoms. The predicted octanol–water partition coefficient (Wildman–Crippen LogP) is 6.27. The van der Waals surface area contributed by atoms with Crippen LogP contribution in [0.5, 0.6) is 11.5 Å². The van der Waals surface area contributed by atoms with Gasteiger partial charge in [0.25, 0.3) is 5.91 Å². The number of hydrogen-bond acceptors (Lipinski definition) is 7. The lowest BCUT2D eigenvalue weighted by Crippen LogP contribution is -2.29. The second kappa shape index (κ2) is 13.8. The quantitative estimate of drug-likeness (QED) is 0.163. The van der Waals surface area contributed by atoms with Crippen molar-refractivity contribution in [3.63, 3.8) is 0 Å². The van der Waals surface area contributed by atoms with E-state index in [2.05, 4.69) is 28.4 Å². The SMILES string of the molecule is COc1ccc(CCN(C)c2cc(-c3ccccc3)nc(SCc3ccc(C(=O)NC(C)C)cc3)n2)cc1OC. The molecular weight excluding hydrogens is 520 g/mol. The molecule has 0 spiro atoms. The zero-order valence-corrected chi connectivity index (χ0v) is 24.5. The Kier molecular flexibility index (Phi) is 10.0. The molecule has 0 radical (unpaired) electrons. The normalized spacial score (nSPS) is 10.8. The van der Waals surface area contributed by atoms with Crippen LogP contribution in [0.3, 0.4) is 0 Å². The summed E-state index contributed by atoms with van der Waals surface area (Å²) in [6.45, 7) is 4.67. The van der Waals surface area contributed by atoms with Gasteiger partial charge in [-0.05, 0) is 55.7 Å². The van der Waals surface area contributed by atoms with Crippen LogP contribution in [0.4, 0.5) is 5.82 Å². The molecule has 0 fully saturated rings. The van der Waals surface area contributed by atoms with E-state index in [1.807, 2.05) is 81.6 Å². The highest BCUT2D eigenvalue weighted by Gasteiger charge is 2.13. The van der Waals surface area contributed by atoms with Gasteiger partial charge in [0, 0.05) is 42.6 Å². The third-order valence-electron chi connectivity index (χ3n) is 6.34. The highest BCUT2D eigenvalue weighted by Crippen LogP contribution is 2.29. The molecule has 0 aliphatic rings. The molecular formula is C32H36N4O3S. The van der Waals surface area contributed by atoms with Gasteiger partial charge in [0.1, 0.15) is 5.82 Å².